The number of nitrogens with zero attached hydrogens (tertiary/aromatic N) is 1. The number of ether oxygens (including phenoxy) is 1. The third kappa shape index (κ3) is 2.97. The molecule has 1 amide bonds. The summed E-state index contributed by atoms with van der Waals surface area (Å²) in [4.78, 5) is 24.3. The van der Waals surface area contributed by atoms with E-state index in [0.29, 0.717) is 19.4 Å². The van der Waals surface area contributed by atoms with Gasteiger partial charge in [0.25, 0.3) is 0 Å². The third-order valence-corrected chi connectivity index (χ3v) is 3.59. The molecule has 96 valence electrons. The summed E-state index contributed by atoms with van der Waals surface area (Å²) in [5, 5.41) is 8.71. The zero-order valence-corrected chi connectivity index (χ0v) is 9.93. The lowest BCUT2D eigenvalue weighted by molar-refractivity contribution is -0.139. The van der Waals surface area contributed by atoms with Gasteiger partial charge in [-0.25, -0.2) is 0 Å². The SMILES string of the molecule is O=C(O)CCC1CCC(=O)N1C1CCCOC1. The summed E-state index contributed by atoms with van der Waals surface area (Å²) in [5.74, 6) is -0.625. The van der Waals surface area contributed by atoms with E-state index in [1.165, 1.54) is 0 Å². The minimum Gasteiger partial charge on any atom is -0.481 e. The topological polar surface area (TPSA) is 66.8 Å². The van der Waals surface area contributed by atoms with E-state index in [0.717, 1.165) is 25.9 Å². The highest BCUT2D eigenvalue weighted by Crippen LogP contribution is 2.28. The van der Waals surface area contributed by atoms with Crippen LogP contribution in [0.5, 0.6) is 0 Å². The van der Waals surface area contributed by atoms with Crippen LogP contribution in [-0.2, 0) is 14.3 Å². The fourth-order valence-electron chi connectivity index (χ4n) is 2.78. The largest absolute Gasteiger partial charge is 0.481 e. The number of carboxylic acids is 1. The van der Waals surface area contributed by atoms with Gasteiger partial charge in [0.05, 0.1) is 12.6 Å². The number of likely N-dealkylation sites (tertiary alicyclic amines) is 1. The van der Waals surface area contributed by atoms with Crippen molar-refractivity contribution < 1.29 is 19.4 Å². The van der Waals surface area contributed by atoms with Crippen LogP contribution in [-0.4, -0.2) is 47.2 Å². The minimum absolute atomic E-state index is 0.102. The Morgan fingerprint density at radius 3 is 2.94 bits per heavy atom. The zero-order chi connectivity index (χ0) is 12.3. The van der Waals surface area contributed by atoms with Crippen LogP contribution in [0.4, 0.5) is 0 Å². The van der Waals surface area contributed by atoms with Crippen molar-refractivity contribution >= 4 is 11.9 Å². The van der Waals surface area contributed by atoms with Gasteiger partial charge in [0.1, 0.15) is 0 Å². The van der Waals surface area contributed by atoms with Gasteiger partial charge in [-0.05, 0) is 25.7 Å². The molecule has 1 N–H and O–H groups in total. The van der Waals surface area contributed by atoms with Crippen molar-refractivity contribution in [3.8, 4) is 0 Å². The second-order valence-corrected chi connectivity index (χ2v) is 4.80. The minimum atomic E-state index is -0.788. The first-order valence-corrected chi connectivity index (χ1v) is 6.29. The van der Waals surface area contributed by atoms with E-state index in [9.17, 15) is 9.59 Å². The van der Waals surface area contributed by atoms with Gasteiger partial charge in [-0.1, -0.05) is 0 Å². The summed E-state index contributed by atoms with van der Waals surface area (Å²) in [5.41, 5.74) is 0. The summed E-state index contributed by atoms with van der Waals surface area (Å²) in [6, 6.07) is 0.267. The van der Waals surface area contributed by atoms with Crippen molar-refractivity contribution in [2.45, 2.75) is 50.6 Å². The van der Waals surface area contributed by atoms with Crippen LogP contribution in [0.1, 0.15) is 38.5 Å². The average Bonchev–Trinajstić information content (AvgIpc) is 2.69. The van der Waals surface area contributed by atoms with E-state index < -0.39 is 5.97 Å². The standard InChI is InChI=1S/C12H19NO4/c14-11-5-3-9(4-6-12(15)16)13(11)10-2-1-7-17-8-10/h9-10H,1-8H2,(H,15,16). The maximum Gasteiger partial charge on any atom is 0.303 e. The average molecular weight is 241 g/mol. The van der Waals surface area contributed by atoms with Crippen LogP contribution in [0.25, 0.3) is 0 Å². The molecule has 2 aliphatic heterocycles. The highest BCUT2D eigenvalue weighted by molar-refractivity contribution is 5.79. The Bertz CT molecular complexity index is 299. The molecule has 5 nitrogen and oxygen atoms in total. The number of carbonyl (C=O) groups excluding carboxylic acids is 1. The molecule has 17 heavy (non-hydrogen) atoms. The Morgan fingerprint density at radius 1 is 1.47 bits per heavy atom. The van der Waals surface area contributed by atoms with Crippen LogP contribution < -0.4 is 0 Å². The van der Waals surface area contributed by atoms with Gasteiger partial charge in [0.15, 0.2) is 0 Å². The highest BCUT2D eigenvalue weighted by atomic mass is 16.5. The quantitative estimate of drug-likeness (QED) is 0.798. The number of hydrogen-bond donors (Lipinski definition) is 1. The molecule has 2 rings (SSSR count). The Hall–Kier alpha value is -1.10. The van der Waals surface area contributed by atoms with E-state index in [1.807, 2.05) is 4.90 Å². The second kappa shape index (κ2) is 5.49. The number of hydrogen-bond acceptors (Lipinski definition) is 3. The fraction of sp³-hybridized carbons (Fsp3) is 0.833. The summed E-state index contributed by atoms with van der Waals surface area (Å²) in [6.07, 6.45) is 4.03. The number of aliphatic carboxylic acids is 1. The molecule has 0 radical (unpaired) electrons. The van der Waals surface area contributed by atoms with Crippen LogP contribution in [0.3, 0.4) is 0 Å². The van der Waals surface area contributed by atoms with Crippen molar-refractivity contribution in [2.75, 3.05) is 13.2 Å². The molecule has 2 aliphatic rings. The summed E-state index contributed by atoms with van der Waals surface area (Å²) >= 11 is 0. The molecule has 0 aromatic carbocycles. The molecule has 2 saturated heterocycles. The second-order valence-electron chi connectivity index (χ2n) is 4.80. The Labute approximate surface area is 101 Å². The number of carbonyl (C=O) groups is 2. The Morgan fingerprint density at radius 2 is 2.29 bits per heavy atom. The van der Waals surface area contributed by atoms with Crippen molar-refractivity contribution in [1.82, 2.24) is 4.90 Å². The van der Waals surface area contributed by atoms with Gasteiger partial charge < -0.3 is 14.7 Å². The van der Waals surface area contributed by atoms with Crippen LogP contribution in [0.15, 0.2) is 0 Å². The molecule has 0 bridgehead atoms. The van der Waals surface area contributed by atoms with Crippen molar-refractivity contribution in [3.63, 3.8) is 0 Å². The number of rotatable bonds is 4. The first-order valence-electron chi connectivity index (χ1n) is 6.29. The summed E-state index contributed by atoms with van der Waals surface area (Å²) in [7, 11) is 0. The predicted octanol–water partition coefficient (Wildman–Crippen LogP) is 1.02. The van der Waals surface area contributed by atoms with E-state index in [2.05, 4.69) is 0 Å². The molecule has 2 unspecified atom stereocenters. The first-order chi connectivity index (χ1) is 8.18. The lowest BCUT2D eigenvalue weighted by atomic mass is 10.0. The fourth-order valence-corrected chi connectivity index (χ4v) is 2.78. The van der Waals surface area contributed by atoms with Gasteiger partial charge in [-0.3, -0.25) is 9.59 Å². The van der Waals surface area contributed by atoms with E-state index in [1.54, 1.807) is 0 Å². The van der Waals surface area contributed by atoms with Gasteiger partial charge in [0.2, 0.25) is 5.91 Å². The monoisotopic (exact) mass is 241 g/mol. The van der Waals surface area contributed by atoms with Gasteiger partial charge in [-0.15, -0.1) is 0 Å². The molecule has 0 aromatic heterocycles. The molecule has 2 heterocycles. The lowest BCUT2D eigenvalue weighted by Gasteiger charge is -2.35. The molecular formula is C12H19NO4. The van der Waals surface area contributed by atoms with Gasteiger partial charge in [-0.2, -0.15) is 0 Å². The Balaban J connectivity index is 1.95. The molecule has 2 fully saturated rings. The molecule has 2 atom stereocenters. The lowest BCUT2D eigenvalue weighted by Crippen LogP contribution is -2.46. The van der Waals surface area contributed by atoms with E-state index in [4.69, 9.17) is 9.84 Å². The molecule has 0 spiro atoms. The van der Waals surface area contributed by atoms with E-state index >= 15 is 0 Å². The molecular weight excluding hydrogens is 222 g/mol. The number of carboxylic acid groups (broad SMARTS) is 1. The normalized spacial score (nSPS) is 29.6. The first kappa shape index (κ1) is 12.4. The van der Waals surface area contributed by atoms with Crippen LogP contribution in [0.2, 0.25) is 0 Å². The predicted molar refractivity (Wildman–Crippen MR) is 60.6 cm³/mol. The zero-order valence-electron chi connectivity index (χ0n) is 9.93. The van der Waals surface area contributed by atoms with Crippen molar-refractivity contribution in [3.05, 3.63) is 0 Å². The molecule has 0 aliphatic carbocycles. The van der Waals surface area contributed by atoms with Crippen LogP contribution in [0, 0.1) is 0 Å². The van der Waals surface area contributed by atoms with Gasteiger partial charge in [0, 0.05) is 25.5 Å². The molecule has 5 heteroatoms. The maximum absolute atomic E-state index is 11.9. The van der Waals surface area contributed by atoms with Gasteiger partial charge >= 0.3 is 5.97 Å². The summed E-state index contributed by atoms with van der Waals surface area (Å²) in [6.45, 7) is 1.38. The van der Waals surface area contributed by atoms with Crippen LogP contribution >= 0.6 is 0 Å². The highest BCUT2D eigenvalue weighted by Gasteiger charge is 2.36. The molecule has 0 aromatic rings. The maximum atomic E-state index is 11.9. The molecule has 0 saturated carbocycles. The van der Waals surface area contributed by atoms with Crippen molar-refractivity contribution in [2.24, 2.45) is 0 Å². The Kier molecular flexibility index (Phi) is 3.99. The third-order valence-electron chi connectivity index (χ3n) is 3.59. The van der Waals surface area contributed by atoms with E-state index in [-0.39, 0.29) is 24.4 Å². The smallest absolute Gasteiger partial charge is 0.303 e. The summed E-state index contributed by atoms with van der Waals surface area (Å²) < 4.78 is 5.41. The number of amides is 1. The van der Waals surface area contributed by atoms with Crippen molar-refractivity contribution in [1.29, 1.82) is 0 Å².